The van der Waals surface area contributed by atoms with Crippen molar-refractivity contribution in [3.63, 3.8) is 0 Å². The van der Waals surface area contributed by atoms with Gasteiger partial charge in [-0.15, -0.1) is 0 Å². The highest BCUT2D eigenvalue weighted by atomic mass is 32.2. The molecule has 0 unspecified atom stereocenters. The molecule has 126 valence electrons. The molecule has 3 aromatic rings. The van der Waals surface area contributed by atoms with Gasteiger partial charge in [-0.25, -0.2) is 13.1 Å². The number of sulfonamides is 1. The maximum atomic E-state index is 12.4. The van der Waals surface area contributed by atoms with E-state index in [0.717, 1.165) is 5.69 Å². The molecular weight excluding hydrogens is 330 g/mol. The smallest absolute Gasteiger partial charge is 0.246 e. The fraction of sp³-hybridized carbons (Fsp3) is 0.267. The van der Waals surface area contributed by atoms with Gasteiger partial charge in [-0.3, -0.25) is 0 Å². The van der Waals surface area contributed by atoms with E-state index in [0.29, 0.717) is 17.1 Å². The molecule has 2 heterocycles. The first kappa shape index (κ1) is 16.3. The standard InChI is InChI=1S/C15H17N5O3S/c1-10-14(18-20(17-10)13-7-5-4-6-8-13)9-16-24(21,22)15-11(2)19-23-12(15)3/h4-8,16H,9H2,1-3H3. The molecule has 0 amide bonds. The van der Waals surface area contributed by atoms with Crippen molar-refractivity contribution >= 4 is 10.0 Å². The second-order valence-electron chi connectivity index (χ2n) is 5.33. The van der Waals surface area contributed by atoms with Crippen molar-refractivity contribution in [3.05, 3.63) is 53.2 Å². The first-order chi connectivity index (χ1) is 11.4. The molecule has 0 radical (unpaired) electrons. The molecule has 0 bridgehead atoms. The van der Waals surface area contributed by atoms with E-state index < -0.39 is 10.0 Å². The van der Waals surface area contributed by atoms with Crippen LogP contribution >= 0.6 is 0 Å². The second kappa shape index (κ2) is 6.17. The van der Waals surface area contributed by atoms with E-state index in [1.165, 1.54) is 4.80 Å². The number of rotatable bonds is 5. The van der Waals surface area contributed by atoms with Crippen LogP contribution in [0.25, 0.3) is 5.69 Å². The molecule has 9 heteroatoms. The Morgan fingerprint density at radius 2 is 1.79 bits per heavy atom. The van der Waals surface area contributed by atoms with Crippen molar-refractivity contribution < 1.29 is 12.9 Å². The minimum atomic E-state index is -3.73. The van der Waals surface area contributed by atoms with E-state index in [2.05, 4.69) is 20.1 Å². The highest BCUT2D eigenvalue weighted by molar-refractivity contribution is 7.89. The van der Waals surface area contributed by atoms with Crippen LogP contribution in [0.1, 0.15) is 22.8 Å². The Morgan fingerprint density at radius 3 is 2.42 bits per heavy atom. The Morgan fingerprint density at radius 1 is 1.08 bits per heavy atom. The monoisotopic (exact) mass is 347 g/mol. The van der Waals surface area contributed by atoms with E-state index in [9.17, 15) is 8.42 Å². The predicted molar refractivity (Wildman–Crippen MR) is 86.1 cm³/mol. The summed E-state index contributed by atoms with van der Waals surface area (Å²) in [7, 11) is -3.73. The molecule has 3 rings (SSSR count). The van der Waals surface area contributed by atoms with Gasteiger partial charge in [0.2, 0.25) is 10.0 Å². The minimum Gasteiger partial charge on any atom is -0.360 e. The Bertz CT molecular complexity index is 941. The summed E-state index contributed by atoms with van der Waals surface area (Å²) in [6.07, 6.45) is 0. The Balaban J connectivity index is 1.82. The Hall–Kier alpha value is -2.52. The van der Waals surface area contributed by atoms with E-state index in [1.807, 2.05) is 30.3 Å². The van der Waals surface area contributed by atoms with Crippen molar-refractivity contribution in [1.29, 1.82) is 0 Å². The normalized spacial score (nSPS) is 11.8. The van der Waals surface area contributed by atoms with Gasteiger partial charge in [-0.05, 0) is 32.9 Å². The van der Waals surface area contributed by atoms with Crippen molar-refractivity contribution in [1.82, 2.24) is 24.9 Å². The first-order valence-corrected chi connectivity index (χ1v) is 8.77. The van der Waals surface area contributed by atoms with Gasteiger partial charge in [-0.2, -0.15) is 15.0 Å². The molecule has 0 atom stereocenters. The first-order valence-electron chi connectivity index (χ1n) is 7.29. The number of para-hydroxylation sites is 1. The highest BCUT2D eigenvalue weighted by Crippen LogP contribution is 2.19. The zero-order valence-corrected chi connectivity index (χ0v) is 14.3. The molecular formula is C15H17N5O3S. The third-order valence-corrected chi connectivity index (χ3v) is 5.18. The number of aromatic nitrogens is 4. The number of hydrogen-bond acceptors (Lipinski definition) is 6. The summed E-state index contributed by atoms with van der Waals surface area (Å²) >= 11 is 0. The van der Waals surface area contributed by atoms with Crippen LogP contribution in [0.2, 0.25) is 0 Å². The highest BCUT2D eigenvalue weighted by Gasteiger charge is 2.24. The maximum absolute atomic E-state index is 12.4. The lowest BCUT2D eigenvalue weighted by Gasteiger charge is -2.04. The number of nitrogens with one attached hydrogen (secondary N) is 1. The third kappa shape index (κ3) is 3.08. The number of hydrogen-bond donors (Lipinski definition) is 1. The summed E-state index contributed by atoms with van der Waals surface area (Å²) < 4.78 is 32.3. The quantitative estimate of drug-likeness (QED) is 0.753. The van der Waals surface area contributed by atoms with Crippen LogP contribution in [0, 0.1) is 20.8 Å². The van der Waals surface area contributed by atoms with Gasteiger partial charge in [0.1, 0.15) is 16.3 Å². The molecule has 0 aliphatic carbocycles. The summed E-state index contributed by atoms with van der Waals surface area (Å²) in [6.45, 7) is 4.96. The zero-order valence-electron chi connectivity index (χ0n) is 13.5. The zero-order chi connectivity index (χ0) is 17.3. The van der Waals surface area contributed by atoms with Crippen molar-refractivity contribution in [2.75, 3.05) is 0 Å². The van der Waals surface area contributed by atoms with Gasteiger partial charge in [-0.1, -0.05) is 23.4 Å². The van der Waals surface area contributed by atoms with Crippen molar-refractivity contribution in [2.24, 2.45) is 0 Å². The van der Waals surface area contributed by atoms with Crippen LogP contribution in [0.15, 0.2) is 39.8 Å². The molecule has 1 aromatic carbocycles. The van der Waals surface area contributed by atoms with Crippen LogP contribution in [0.3, 0.4) is 0 Å². The molecule has 0 aliphatic rings. The number of aryl methyl sites for hydroxylation is 3. The fourth-order valence-corrected chi connectivity index (χ4v) is 3.66. The molecule has 1 N–H and O–H groups in total. The fourth-order valence-electron chi connectivity index (χ4n) is 2.34. The van der Waals surface area contributed by atoms with Crippen LogP contribution in [0.4, 0.5) is 0 Å². The van der Waals surface area contributed by atoms with Gasteiger partial charge in [0.05, 0.1) is 17.9 Å². The molecule has 8 nitrogen and oxygen atoms in total. The molecule has 0 saturated carbocycles. The molecule has 0 saturated heterocycles. The van der Waals surface area contributed by atoms with Crippen LogP contribution < -0.4 is 4.72 Å². The minimum absolute atomic E-state index is 0.0328. The Kier molecular flexibility index (Phi) is 4.20. The van der Waals surface area contributed by atoms with Gasteiger partial charge >= 0.3 is 0 Å². The van der Waals surface area contributed by atoms with E-state index in [4.69, 9.17) is 4.52 Å². The lowest BCUT2D eigenvalue weighted by Crippen LogP contribution is -2.24. The summed E-state index contributed by atoms with van der Waals surface area (Å²) in [5.41, 5.74) is 2.33. The van der Waals surface area contributed by atoms with Gasteiger partial charge in [0, 0.05) is 0 Å². The number of benzene rings is 1. The summed E-state index contributed by atoms with van der Waals surface area (Å²) in [4.78, 5) is 1.55. The van der Waals surface area contributed by atoms with Crippen LogP contribution in [-0.2, 0) is 16.6 Å². The third-order valence-electron chi connectivity index (χ3n) is 3.53. The second-order valence-corrected chi connectivity index (χ2v) is 7.04. The molecule has 0 spiro atoms. The SMILES string of the molecule is Cc1nn(-c2ccccc2)nc1CNS(=O)(=O)c1c(C)noc1C. The van der Waals surface area contributed by atoms with Gasteiger partial charge in [0.25, 0.3) is 0 Å². The largest absolute Gasteiger partial charge is 0.360 e. The van der Waals surface area contributed by atoms with Crippen molar-refractivity contribution in [3.8, 4) is 5.69 Å². The Labute approximate surface area is 139 Å². The van der Waals surface area contributed by atoms with E-state index >= 15 is 0 Å². The molecule has 0 aliphatic heterocycles. The molecule has 0 fully saturated rings. The van der Waals surface area contributed by atoms with Gasteiger partial charge in [0.15, 0.2) is 5.76 Å². The summed E-state index contributed by atoms with van der Waals surface area (Å²) in [6, 6.07) is 9.41. The lowest BCUT2D eigenvalue weighted by atomic mass is 10.3. The number of nitrogens with zero attached hydrogens (tertiary/aromatic N) is 4. The summed E-state index contributed by atoms with van der Waals surface area (Å²) in [5.74, 6) is 0.254. The lowest BCUT2D eigenvalue weighted by molar-refractivity contribution is 0.390. The van der Waals surface area contributed by atoms with Crippen LogP contribution in [0.5, 0.6) is 0 Å². The van der Waals surface area contributed by atoms with Crippen LogP contribution in [-0.4, -0.2) is 28.6 Å². The van der Waals surface area contributed by atoms with Crippen molar-refractivity contribution in [2.45, 2.75) is 32.2 Å². The predicted octanol–water partition coefficient (Wildman–Crippen LogP) is 1.66. The summed E-state index contributed by atoms with van der Waals surface area (Å²) in [5, 5.41) is 12.3. The molecule has 24 heavy (non-hydrogen) atoms. The topological polar surface area (TPSA) is 103 Å². The van der Waals surface area contributed by atoms with E-state index in [1.54, 1.807) is 20.8 Å². The van der Waals surface area contributed by atoms with Gasteiger partial charge < -0.3 is 4.52 Å². The maximum Gasteiger partial charge on any atom is 0.246 e. The molecule has 2 aromatic heterocycles. The average molecular weight is 347 g/mol. The van der Waals surface area contributed by atoms with E-state index in [-0.39, 0.29) is 17.2 Å². The average Bonchev–Trinajstić information content (AvgIpc) is 3.09.